The summed E-state index contributed by atoms with van der Waals surface area (Å²) in [5.41, 5.74) is 0. The molecule has 0 fully saturated rings. The van der Waals surface area contributed by atoms with E-state index in [1.54, 1.807) is 0 Å². The van der Waals surface area contributed by atoms with Crippen LogP contribution in [-0.2, 0) is 9.59 Å². The molecule has 0 rings (SSSR count). The van der Waals surface area contributed by atoms with Crippen LogP contribution in [0.15, 0.2) is 0 Å². The quantitative estimate of drug-likeness (QED) is 0.505. The molecule has 0 saturated heterocycles. The van der Waals surface area contributed by atoms with Crippen molar-refractivity contribution < 1.29 is 14.7 Å². The maximum absolute atomic E-state index is 10.1. The standard InChI is InChI=1S/C6H6O3/c1-5(7)3-2-4-6(8)9/h3H2,1H3,(H,8,9). The van der Waals surface area contributed by atoms with Gasteiger partial charge in [0.15, 0.2) is 0 Å². The van der Waals surface area contributed by atoms with E-state index in [2.05, 4.69) is 5.92 Å². The van der Waals surface area contributed by atoms with E-state index >= 15 is 0 Å². The van der Waals surface area contributed by atoms with Crippen molar-refractivity contribution in [3.8, 4) is 11.8 Å². The highest BCUT2D eigenvalue weighted by Crippen LogP contribution is 1.75. The smallest absolute Gasteiger partial charge is 0.381 e. The number of carboxylic acids is 1. The van der Waals surface area contributed by atoms with E-state index in [4.69, 9.17) is 5.11 Å². The van der Waals surface area contributed by atoms with E-state index in [0.717, 1.165) is 0 Å². The second-order valence-electron chi connectivity index (χ2n) is 1.49. The molecule has 0 amide bonds. The lowest BCUT2D eigenvalue weighted by Gasteiger charge is -1.75. The lowest BCUT2D eigenvalue weighted by atomic mass is 10.3. The molecule has 9 heavy (non-hydrogen) atoms. The van der Waals surface area contributed by atoms with Crippen molar-refractivity contribution in [2.45, 2.75) is 13.3 Å². The number of ketones is 1. The van der Waals surface area contributed by atoms with Gasteiger partial charge in [-0.15, -0.1) is 0 Å². The molecule has 0 bridgehead atoms. The Morgan fingerprint density at radius 3 is 2.44 bits per heavy atom. The minimum absolute atomic E-state index is 0.0201. The summed E-state index contributed by atoms with van der Waals surface area (Å²) in [6, 6.07) is 0. The van der Waals surface area contributed by atoms with E-state index in [0.29, 0.717) is 0 Å². The average molecular weight is 126 g/mol. The van der Waals surface area contributed by atoms with Crippen LogP contribution in [0.3, 0.4) is 0 Å². The summed E-state index contributed by atoms with van der Waals surface area (Å²) >= 11 is 0. The topological polar surface area (TPSA) is 54.4 Å². The van der Waals surface area contributed by atoms with Gasteiger partial charge in [-0.2, -0.15) is 0 Å². The molecular formula is C6H6O3. The third-order valence-corrected chi connectivity index (χ3v) is 0.533. The van der Waals surface area contributed by atoms with Crippen LogP contribution < -0.4 is 0 Å². The number of Topliss-reactive ketones (excluding diaryl/α,β-unsaturated/α-hetero) is 1. The van der Waals surface area contributed by atoms with Crippen molar-refractivity contribution in [1.29, 1.82) is 0 Å². The number of hydrogen-bond acceptors (Lipinski definition) is 2. The van der Waals surface area contributed by atoms with Crippen molar-refractivity contribution in [3.05, 3.63) is 0 Å². The number of aliphatic carboxylic acids is 1. The summed E-state index contributed by atoms with van der Waals surface area (Å²) in [6.07, 6.45) is 0.0201. The van der Waals surface area contributed by atoms with Gasteiger partial charge >= 0.3 is 5.97 Å². The van der Waals surface area contributed by atoms with Gasteiger partial charge in [0.05, 0.1) is 6.42 Å². The van der Waals surface area contributed by atoms with E-state index in [9.17, 15) is 9.59 Å². The van der Waals surface area contributed by atoms with Gasteiger partial charge in [-0.3, -0.25) is 4.79 Å². The molecule has 0 spiro atoms. The minimum atomic E-state index is -1.20. The van der Waals surface area contributed by atoms with Crippen molar-refractivity contribution >= 4 is 11.8 Å². The Morgan fingerprint density at radius 2 is 2.11 bits per heavy atom. The Balaban J connectivity index is 3.63. The lowest BCUT2D eigenvalue weighted by molar-refractivity contribution is -0.130. The van der Waals surface area contributed by atoms with E-state index in [1.807, 2.05) is 5.92 Å². The van der Waals surface area contributed by atoms with Crippen LogP contribution in [0.4, 0.5) is 0 Å². The van der Waals surface area contributed by atoms with E-state index in [1.165, 1.54) is 6.92 Å². The highest BCUT2D eigenvalue weighted by Gasteiger charge is 1.86. The van der Waals surface area contributed by atoms with Gasteiger partial charge in [-0.05, 0) is 6.92 Å². The molecule has 0 aromatic heterocycles. The zero-order chi connectivity index (χ0) is 7.28. The van der Waals surface area contributed by atoms with Crippen LogP contribution in [0, 0.1) is 11.8 Å². The Morgan fingerprint density at radius 1 is 1.56 bits per heavy atom. The van der Waals surface area contributed by atoms with Crippen LogP contribution in [-0.4, -0.2) is 16.9 Å². The van der Waals surface area contributed by atoms with Crippen LogP contribution in [0.1, 0.15) is 13.3 Å². The molecule has 0 aliphatic rings. The molecule has 0 radical (unpaired) electrons. The van der Waals surface area contributed by atoms with Crippen LogP contribution in [0.25, 0.3) is 0 Å². The lowest BCUT2D eigenvalue weighted by Crippen LogP contribution is -1.89. The summed E-state index contributed by atoms with van der Waals surface area (Å²) < 4.78 is 0. The highest BCUT2D eigenvalue weighted by atomic mass is 16.4. The number of rotatable bonds is 1. The maximum atomic E-state index is 10.1. The fraction of sp³-hybridized carbons (Fsp3) is 0.333. The Bertz CT molecular complexity index is 182. The number of carbonyl (C=O) groups is 2. The molecule has 0 saturated carbocycles. The predicted molar refractivity (Wildman–Crippen MR) is 30.7 cm³/mol. The van der Waals surface area contributed by atoms with Gasteiger partial charge in [0, 0.05) is 5.92 Å². The fourth-order valence-electron chi connectivity index (χ4n) is 0.244. The van der Waals surface area contributed by atoms with E-state index in [-0.39, 0.29) is 12.2 Å². The number of hydrogen-bond donors (Lipinski definition) is 1. The van der Waals surface area contributed by atoms with Crippen molar-refractivity contribution in [2.24, 2.45) is 0 Å². The maximum Gasteiger partial charge on any atom is 0.381 e. The van der Waals surface area contributed by atoms with Crippen LogP contribution in [0.2, 0.25) is 0 Å². The zero-order valence-electron chi connectivity index (χ0n) is 4.97. The van der Waals surface area contributed by atoms with Crippen LogP contribution >= 0.6 is 0 Å². The normalized spacial score (nSPS) is 7.22. The van der Waals surface area contributed by atoms with Gasteiger partial charge in [0.1, 0.15) is 5.78 Å². The number of carboxylic acid groups (broad SMARTS) is 1. The molecule has 0 aliphatic heterocycles. The zero-order valence-corrected chi connectivity index (χ0v) is 4.97. The molecule has 0 atom stereocenters. The van der Waals surface area contributed by atoms with E-state index < -0.39 is 5.97 Å². The van der Waals surface area contributed by atoms with Crippen molar-refractivity contribution in [1.82, 2.24) is 0 Å². The first-order valence-electron chi connectivity index (χ1n) is 2.34. The molecule has 48 valence electrons. The molecular weight excluding hydrogens is 120 g/mol. The molecule has 0 aromatic rings. The molecule has 0 unspecified atom stereocenters. The first-order valence-corrected chi connectivity index (χ1v) is 2.34. The van der Waals surface area contributed by atoms with Crippen molar-refractivity contribution in [2.75, 3.05) is 0 Å². The molecule has 3 nitrogen and oxygen atoms in total. The molecule has 0 aliphatic carbocycles. The molecule has 1 N–H and O–H groups in total. The fourth-order valence-corrected chi connectivity index (χ4v) is 0.244. The number of carbonyl (C=O) groups excluding carboxylic acids is 1. The van der Waals surface area contributed by atoms with Gasteiger partial charge in [-0.1, -0.05) is 5.92 Å². The van der Waals surface area contributed by atoms with Crippen molar-refractivity contribution in [3.63, 3.8) is 0 Å². The SMILES string of the molecule is CC(=O)CC#CC(=O)O. The van der Waals surface area contributed by atoms with Gasteiger partial charge < -0.3 is 5.11 Å². The Kier molecular flexibility index (Phi) is 3.14. The summed E-state index contributed by atoms with van der Waals surface area (Å²) in [5.74, 6) is 2.69. The van der Waals surface area contributed by atoms with Gasteiger partial charge in [0.2, 0.25) is 0 Å². The summed E-state index contributed by atoms with van der Waals surface area (Å²) in [7, 11) is 0. The van der Waals surface area contributed by atoms with Gasteiger partial charge in [0.25, 0.3) is 0 Å². The second-order valence-corrected chi connectivity index (χ2v) is 1.49. The third kappa shape index (κ3) is 6.70. The molecule has 0 aromatic carbocycles. The predicted octanol–water partition coefficient (Wildman–Crippen LogP) is 0.0535. The third-order valence-electron chi connectivity index (χ3n) is 0.533. The first-order chi connectivity index (χ1) is 4.13. The second kappa shape index (κ2) is 3.67. The average Bonchev–Trinajstić information content (AvgIpc) is 1.63. The Hall–Kier alpha value is -1.30. The highest BCUT2D eigenvalue weighted by molar-refractivity contribution is 5.88. The summed E-state index contributed by atoms with van der Waals surface area (Å²) in [4.78, 5) is 19.8. The largest absolute Gasteiger partial charge is 0.472 e. The molecule has 0 heterocycles. The van der Waals surface area contributed by atoms with Crippen LogP contribution in [0.5, 0.6) is 0 Å². The first kappa shape index (κ1) is 7.70. The summed E-state index contributed by atoms with van der Waals surface area (Å²) in [5, 5.41) is 7.94. The Labute approximate surface area is 52.7 Å². The molecule has 3 heteroatoms. The van der Waals surface area contributed by atoms with Gasteiger partial charge in [-0.25, -0.2) is 4.79 Å². The summed E-state index contributed by atoms with van der Waals surface area (Å²) in [6.45, 7) is 1.36. The monoisotopic (exact) mass is 126 g/mol. The minimum Gasteiger partial charge on any atom is -0.472 e.